The van der Waals surface area contributed by atoms with Crippen molar-refractivity contribution in [3.05, 3.63) is 57.6 Å². The SMILES string of the molecule is COc1ccc(CCN2C(=O)NC(=O)C3(Cc4cc([N+](=O)[O-])ccc4N(C)C3)C2=O)cc1OC. The molecule has 34 heavy (non-hydrogen) atoms. The molecule has 2 aliphatic heterocycles. The molecule has 11 heteroatoms. The van der Waals surface area contributed by atoms with Crippen LogP contribution in [0.5, 0.6) is 11.5 Å². The zero-order chi connectivity index (χ0) is 24.6. The highest BCUT2D eigenvalue weighted by molar-refractivity contribution is 6.20. The monoisotopic (exact) mass is 468 g/mol. The molecule has 11 nitrogen and oxygen atoms in total. The van der Waals surface area contributed by atoms with Crippen molar-refractivity contribution in [2.24, 2.45) is 5.41 Å². The van der Waals surface area contributed by atoms with Crippen LogP contribution in [0.25, 0.3) is 0 Å². The summed E-state index contributed by atoms with van der Waals surface area (Å²) in [6.45, 7) is 0.0866. The molecule has 0 saturated carbocycles. The van der Waals surface area contributed by atoms with Gasteiger partial charge in [0, 0.05) is 38.0 Å². The van der Waals surface area contributed by atoms with Gasteiger partial charge in [0.25, 0.3) is 5.69 Å². The lowest BCUT2D eigenvalue weighted by Crippen LogP contribution is -2.68. The molecule has 0 bridgehead atoms. The fourth-order valence-corrected chi connectivity index (χ4v) is 4.58. The number of fused-ring (bicyclic) bond motifs is 1. The van der Waals surface area contributed by atoms with E-state index in [2.05, 4.69) is 5.32 Å². The zero-order valence-corrected chi connectivity index (χ0v) is 19.0. The van der Waals surface area contributed by atoms with Crippen molar-refractivity contribution in [1.29, 1.82) is 0 Å². The number of amides is 4. The van der Waals surface area contributed by atoms with Gasteiger partial charge in [-0.3, -0.25) is 29.9 Å². The number of hydrogen-bond acceptors (Lipinski definition) is 8. The molecule has 1 fully saturated rings. The number of nitrogens with zero attached hydrogens (tertiary/aromatic N) is 3. The predicted molar refractivity (Wildman–Crippen MR) is 121 cm³/mol. The summed E-state index contributed by atoms with van der Waals surface area (Å²) in [5.74, 6) is -0.242. The minimum atomic E-state index is -1.57. The van der Waals surface area contributed by atoms with Crippen LogP contribution in [-0.2, 0) is 22.4 Å². The first-order chi connectivity index (χ1) is 16.2. The Kier molecular flexibility index (Phi) is 5.86. The number of anilines is 1. The Labute approximate surface area is 195 Å². The highest BCUT2D eigenvalue weighted by Gasteiger charge is 2.56. The Balaban J connectivity index is 1.61. The molecule has 1 spiro atoms. The highest BCUT2D eigenvalue weighted by atomic mass is 16.6. The Morgan fingerprint density at radius 2 is 1.82 bits per heavy atom. The number of benzene rings is 2. The highest BCUT2D eigenvalue weighted by Crippen LogP contribution is 2.40. The van der Waals surface area contributed by atoms with E-state index in [1.54, 1.807) is 36.2 Å². The number of carbonyl (C=O) groups is 3. The van der Waals surface area contributed by atoms with E-state index in [-0.39, 0.29) is 25.2 Å². The summed E-state index contributed by atoms with van der Waals surface area (Å²) in [6, 6.07) is 8.87. The average molecular weight is 468 g/mol. The quantitative estimate of drug-likeness (QED) is 0.386. The Hall–Kier alpha value is -4.15. The Morgan fingerprint density at radius 1 is 1.09 bits per heavy atom. The molecule has 2 aromatic rings. The van der Waals surface area contributed by atoms with E-state index in [9.17, 15) is 24.5 Å². The molecule has 178 valence electrons. The lowest BCUT2D eigenvalue weighted by atomic mass is 9.74. The van der Waals surface area contributed by atoms with Gasteiger partial charge in [-0.1, -0.05) is 6.07 Å². The van der Waals surface area contributed by atoms with E-state index in [0.717, 1.165) is 10.5 Å². The van der Waals surface area contributed by atoms with E-state index >= 15 is 0 Å². The maximum Gasteiger partial charge on any atom is 0.330 e. The van der Waals surface area contributed by atoms with E-state index in [0.29, 0.717) is 29.2 Å². The first kappa shape index (κ1) is 23.0. The van der Waals surface area contributed by atoms with Crippen LogP contribution in [0.15, 0.2) is 36.4 Å². The summed E-state index contributed by atoms with van der Waals surface area (Å²) in [7, 11) is 4.75. The van der Waals surface area contributed by atoms with Crippen LogP contribution in [0.2, 0.25) is 0 Å². The maximum atomic E-state index is 13.6. The van der Waals surface area contributed by atoms with Crippen molar-refractivity contribution in [3.63, 3.8) is 0 Å². The lowest BCUT2D eigenvalue weighted by Gasteiger charge is -2.45. The molecule has 1 N–H and O–H groups in total. The topological polar surface area (TPSA) is 131 Å². The molecule has 4 rings (SSSR count). The normalized spacial score (nSPS) is 19.7. The molecule has 2 heterocycles. The number of hydrogen-bond donors (Lipinski definition) is 1. The molecular formula is C23H24N4O7. The first-order valence-corrected chi connectivity index (χ1v) is 10.6. The summed E-state index contributed by atoms with van der Waals surface area (Å²) in [5.41, 5.74) is 0.314. The van der Waals surface area contributed by atoms with E-state index in [1.807, 2.05) is 0 Å². The minimum absolute atomic E-state index is 0.0423. The number of non-ortho nitro benzene ring substituents is 1. The summed E-state index contributed by atoms with van der Waals surface area (Å²) < 4.78 is 10.5. The van der Waals surface area contributed by atoms with Gasteiger partial charge in [0.1, 0.15) is 5.41 Å². The number of barbiturate groups is 1. The second kappa shape index (κ2) is 8.65. The van der Waals surface area contributed by atoms with Crippen LogP contribution in [0, 0.1) is 15.5 Å². The molecule has 1 saturated heterocycles. The number of methoxy groups -OCH3 is 2. The van der Waals surface area contributed by atoms with Crippen LogP contribution in [0.3, 0.4) is 0 Å². The average Bonchev–Trinajstić information content (AvgIpc) is 2.82. The van der Waals surface area contributed by atoms with Gasteiger partial charge in [0.2, 0.25) is 11.8 Å². The second-order valence-electron chi connectivity index (χ2n) is 8.34. The number of nitrogens with one attached hydrogen (secondary N) is 1. The fraction of sp³-hybridized carbons (Fsp3) is 0.348. The summed E-state index contributed by atoms with van der Waals surface area (Å²) in [5, 5.41) is 13.5. The maximum absolute atomic E-state index is 13.6. The fourth-order valence-electron chi connectivity index (χ4n) is 4.58. The number of ether oxygens (including phenoxy) is 2. The van der Waals surface area contributed by atoms with Crippen LogP contribution in [0.4, 0.5) is 16.2 Å². The molecule has 0 aromatic heterocycles. The third-order valence-corrected chi connectivity index (χ3v) is 6.31. The van der Waals surface area contributed by atoms with Crippen LogP contribution < -0.4 is 19.7 Å². The van der Waals surface area contributed by atoms with E-state index in [4.69, 9.17) is 9.47 Å². The van der Waals surface area contributed by atoms with Crippen LogP contribution in [-0.4, -0.2) is 62.0 Å². The lowest BCUT2D eigenvalue weighted by molar-refractivity contribution is -0.384. The number of carbonyl (C=O) groups excluding carboxylic acids is 3. The van der Waals surface area contributed by atoms with Gasteiger partial charge in [-0.2, -0.15) is 0 Å². The number of nitro benzene ring substituents is 1. The summed E-state index contributed by atoms with van der Waals surface area (Å²) >= 11 is 0. The van der Waals surface area contributed by atoms with Gasteiger partial charge in [-0.25, -0.2) is 4.79 Å². The van der Waals surface area contributed by atoms with Crippen molar-refractivity contribution >= 4 is 29.2 Å². The number of rotatable bonds is 6. The van der Waals surface area contributed by atoms with Gasteiger partial charge in [0.05, 0.1) is 19.1 Å². The first-order valence-electron chi connectivity index (χ1n) is 10.6. The van der Waals surface area contributed by atoms with Crippen LogP contribution in [0.1, 0.15) is 11.1 Å². The molecule has 0 radical (unpaired) electrons. The molecule has 1 unspecified atom stereocenters. The predicted octanol–water partition coefficient (Wildman–Crippen LogP) is 1.91. The third-order valence-electron chi connectivity index (χ3n) is 6.31. The number of nitro groups is 1. The van der Waals surface area contributed by atoms with E-state index < -0.39 is 28.2 Å². The second-order valence-corrected chi connectivity index (χ2v) is 8.34. The van der Waals surface area contributed by atoms with Crippen molar-refractivity contribution in [2.75, 3.05) is 39.3 Å². The summed E-state index contributed by atoms with van der Waals surface area (Å²) in [4.78, 5) is 52.6. The van der Waals surface area contributed by atoms with Crippen molar-refractivity contribution in [1.82, 2.24) is 10.2 Å². The van der Waals surface area contributed by atoms with Gasteiger partial charge >= 0.3 is 6.03 Å². The molecule has 0 aliphatic carbocycles. The number of urea groups is 1. The number of imide groups is 2. The van der Waals surface area contributed by atoms with Crippen LogP contribution >= 0.6 is 0 Å². The third kappa shape index (κ3) is 3.78. The van der Waals surface area contributed by atoms with Gasteiger partial charge in [-0.15, -0.1) is 0 Å². The van der Waals surface area contributed by atoms with E-state index in [1.165, 1.54) is 26.4 Å². The standard InChI is InChI=1S/C23H24N4O7/c1-25-13-23(12-15-11-16(27(31)32)5-6-17(15)25)20(28)24-22(30)26(21(23)29)9-8-14-4-7-18(33-2)19(10-14)34-3/h4-7,10-11H,8-9,12-13H2,1-3H3,(H,24,28,30). The van der Waals surface area contributed by atoms with Gasteiger partial charge in [0.15, 0.2) is 11.5 Å². The molecule has 2 aliphatic rings. The largest absolute Gasteiger partial charge is 0.493 e. The van der Waals surface area contributed by atoms with Crippen molar-refractivity contribution < 1.29 is 28.8 Å². The smallest absolute Gasteiger partial charge is 0.330 e. The van der Waals surface area contributed by atoms with Crippen molar-refractivity contribution in [2.45, 2.75) is 12.8 Å². The molecule has 1 atom stereocenters. The van der Waals surface area contributed by atoms with Gasteiger partial charge in [-0.05, 0) is 42.2 Å². The van der Waals surface area contributed by atoms with Crippen molar-refractivity contribution in [3.8, 4) is 11.5 Å². The Bertz CT molecular complexity index is 1200. The molecule has 2 aromatic carbocycles. The summed E-state index contributed by atoms with van der Waals surface area (Å²) in [6.07, 6.45) is 0.293. The Morgan fingerprint density at radius 3 is 2.50 bits per heavy atom. The zero-order valence-electron chi connectivity index (χ0n) is 19.0. The van der Waals surface area contributed by atoms with Gasteiger partial charge < -0.3 is 14.4 Å². The molecule has 4 amide bonds. The molecular weight excluding hydrogens is 444 g/mol. The minimum Gasteiger partial charge on any atom is -0.493 e.